The number of hydrogen-bond donors (Lipinski definition) is 3. The quantitative estimate of drug-likeness (QED) is 0.631. The minimum absolute atomic E-state index is 0.0327. The molecule has 3 rings (SSSR count). The van der Waals surface area contributed by atoms with Crippen molar-refractivity contribution in [2.75, 3.05) is 6.54 Å². The van der Waals surface area contributed by atoms with Gasteiger partial charge in [0.1, 0.15) is 5.82 Å². The molecule has 1 aliphatic carbocycles. The second-order valence-electron chi connectivity index (χ2n) is 6.89. The lowest BCUT2D eigenvalue weighted by Gasteiger charge is -2.14. The molecule has 0 bridgehead atoms. The van der Waals surface area contributed by atoms with Crippen LogP contribution in [0.1, 0.15) is 31.5 Å². The minimum atomic E-state index is -4.25. The summed E-state index contributed by atoms with van der Waals surface area (Å²) in [6, 6.07) is 7.21. The van der Waals surface area contributed by atoms with Crippen molar-refractivity contribution in [2.24, 2.45) is 16.6 Å². The highest BCUT2D eigenvalue weighted by Crippen LogP contribution is 2.46. The van der Waals surface area contributed by atoms with Crippen LogP contribution in [-0.4, -0.2) is 40.9 Å². The van der Waals surface area contributed by atoms with Crippen LogP contribution >= 0.6 is 0 Å². The number of imidazole rings is 1. The Hall–Kier alpha value is -2.84. The van der Waals surface area contributed by atoms with E-state index in [1.165, 1.54) is 12.4 Å². The van der Waals surface area contributed by atoms with E-state index in [2.05, 4.69) is 20.3 Å². The van der Waals surface area contributed by atoms with Crippen LogP contribution in [0.15, 0.2) is 41.0 Å². The summed E-state index contributed by atoms with van der Waals surface area (Å²) in [5.74, 6) is 0.493. The topological polar surface area (TPSA) is 96.2 Å². The highest BCUT2D eigenvalue weighted by Gasteiger charge is 2.46. The summed E-state index contributed by atoms with van der Waals surface area (Å²) < 4.78 is 36.5. The molecule has 1 saturated carbocycles. The van der Waals surface area contributed by atoms with Gasteiger partial charge < -0.3 is 16.0 Å². The molecule has 9 heteroatoms. The Balaban J connectivity index is 1.53. The Bertz CT molecular complexity index is 869. The zero-order valence-corrected chi connectivity index (χ0v) is 15.3. The van der Waals surface area contributed by atoms with E-state index in [-0.39, 0.29) is 24.3 Å². The predicted octanol–water partition coefficient (Wildman–Crippen LogP) is 3.04. The molecule has 1 aromatic heterocycles. The summed E-state index contributed by atoms with van der Waals surface area (Å²) in [6.45, 7) is 1.34. The lowest BCUT2D eigenvalue weighted by Crippen LogP contribution is -2.36. The maximum atomic E-state index is 12.5. The summed E-state index contributed by atoms with van der Waals surface area (Å²) >= 11 is 0. The van der Waals surface area contributed by atoms with Gasteiger partial charge in [0.25, 0.3) is 0 Å². The van der Waals surface area contributed by atoms with Crippen LogP contribution in [0.25, 0.3) is 11.0 Å². The third-order valence-corrected chi connectivity index (χ3v) is 4.70. The van der Waals surface area contributed by atoms with Gasteiger partial charge in [-0.3, -0.25) is 9.79 Å². The van der Waals surface area contributed by atoms with Crippen molar-refractivity contribution in [3.63, 3.8) is 0 Å². The fourth-order valence-electron chi connectivity index (χ4n) is 3.00. The summed E-state index contributed by atoms with van der Waals surface area (Å²) in [7, 11) is 0. The number of hydrogen-bond acceptors (Lipinski definition) is 4. The normalized spacial score (nSPS) is 21.2. The summed E-state index contributed by atoms with van der Waals surface area (Å²) in [6.07, 6.45) is -2.03. The molecule has 2 aromatic rings. The van der Waals surface area contributed by atoms with Gasteiger partial charge in [0.2, 0.25) is 5.91 Å². The third-order valence-electron chi connectivity index (χ3n) is 4.70. The number of amides is 1. The molecule has 6 nitrogen and oxygen atoms in total. The standard InChI is InChI=1S/C19H22F3N5O/c1-11(12(9-23)10-24-7-6-19(20,21)22)25-18(28)14-8-13(14)17-26-15-4-2-3-5-16(15)27-17/h2-5,9-11,13-14H,6-8,23H2,1H3,(H,25,28)(H,26,27). The second kappa shape index (κ2) is 8.04. The number of alkyl halides is 3. The summed E-state index contributed by atoms with van der Waals surface area (Å²) in [4.78, 5) is 24.0. The van der Waals surface area contributed by atoms with Crippen molar-refractivity contribution in [3.05, 3.63) is 41.9 Å². The number of aromatic nitrogens is 2. The van der Waals surface area contributed by atoms with Gasteiger partial charge in [0, 0.05) is 36.4 Å². The zero-order valence-electron chi connectivity index (χ0n) is 15.3. The van der Waals surface area contributed by atoms with E-state index in [0.717, 1.165) is 16.9 Å². The molecule has 1 amide bonds. The summed E-state index contributed by atoms with van der Waals surface area (Å²) in [5.41, 5.74) is 7.78. The number of aromatic amines is 1. The fraction of sp³-hybridized carbons (Fsp3) is 0.421. The maximum absolute atomic E-state index is 12.5. The van der Waals surface area contributed by atoms with Crippen molar-refractivity contribution in [1.82, 2.24) is 15.3 Å². The van der Waals surface area contributed by atoms with Crippen molar-refractivity contribution in [2.45, 2.75) is 37.9 Å². The lowest BCUT2D eigenvalue weighted by atomic mass is 10.1. The van der Waals surface area contributed by atoms with E-state index in [4.69, 9.17) is 5.73 Å². The van der Waals surface area contributed by atoms with Crippen LogP contribution in [0.5, 0.6) is 0 Å². The SMILES string of the molecule is CC(NC(=O)C1CC1c1nc2ccccc2[nH]1)C(C=NCCC(F)(F)F)=CN. The Morgan fingerprint density at radius 2 is 2.21 bits per heavy atom. The maximum Gasteiger partial charge on any atom is 0.390 e. The van der Waals surface area contributed by atoms with E-state index in [1.54, 1.807) is 6.92 Å². The number of carbonyl (C=O) groups excluding carboxylic acids is 1. The first-order chi connectivity index (χ1) is 13.3. The molecule has 3 atom stereocenters. The first-order valence-electron chi connectivity index (χ1n) is 9.02. The molecule has 1 aromatic carbocycles. The number of rotatable bonds is 7. The van der Waals surface area contributed by atoms with Gasteiger partial charge in [-0.15, -0.1) is 0 Å². The molecule has 0 aliphatic heterocycles. The third kappa shape index (κ3) is 4.90. The molecule has 1 heterocycles. The Morgan fingerprint density at radius 3 is 2.89 bits per heavy atom. The van der Waals surface area contributed by atoms with E-state index >= 15 is 0 Å². The fourth-order valence-corrected chi connectivity index (χ4v) is 3.00. The van der Waals surface area contributed by atoms with Gasteiger partial charge in [0.05, 0.1) is 23.5 Å². The number of carbonyl (C=O) groups is 1. The lowest BCUT2D eigenvalue weighted by molar-refractivity contribution is -0.132. The van der Waals surface area contributed by atoms with E-state index in [9.17, 15) is 18.0 Å². The van der Waals surface area contributed by atoms with Crippen LogP contribution in [0.2, 0.25) is 0 Å². The molecule has 1 aliphatic rings. The molecule has 1 fully saturated rings. The second-order valence-corrected chi connectivity index (χ2v) is 6.89. The average molecular weight is 393 g/mol. The number of nitrogens with zero attached hydrogens (tertiary/aromatic N) is 2. The van der Waals surface area contributed by atoms with Gasteiger partial charge in [-0.1, -0.05) is 12.1 Å². The molecule has 150 valence electrons. The van der Waals surface area contributed by atoms with Crippen LogP contribution in [0.3, 0.4) is 0 Å². The van der Waals surface area contributed by atoms with E-state index in [0.29, 0.717) is 12.0 Å². The number of benzene rings is 1. The minimum Gasteiger partial charge on any atom is -0.404 e. The van der Waals surface area contributed by atoms with Crippen molar-refractivity contribution in [1.29, 1.82) is 0 Å². The van der Waals surface area contributed by atoms with E-state index < -0.39 is 18.6 Å². The number of H-pyrrole nitrogens is 1. The van der Waals surface area contributed by atoms with Crippen molar-refractivity contribution >= 4 is 23.2 Å². The van der Waals surface area contributed by atoms with Gasteiger partial charge in [-0.25, -0.2) is 4.98 Å². The van der Waals surface area contributed by atoms with Gasteiger partial charge in [-0.2, -0.15) is 13.2 Å². The molecule has 0 radical (unpaired) electrons. The molecule has 0 spiro atoms. The Kier molecular flexibility index (Phi) is 5.71. The smallest absolute Gasteiger partial charge is 0.390 e. The number of nitrogens with one attached hydrogen (secondary N) is 2. The monoisotopic (exact) mass is 393 g/mol. The average Bonchev–Trinajstić information content (AvgIpc) is 3.32. The molecule has 4 N–H and O–H groups in total. The molecular formula is C19H22F3N5O. The zero-order chi connectivity index (χ0) is 20.3. The first kappa shape index (κ1) is 19.9. The molecular weight excluding hydrogens is 371 g/mol. The van der Waals surface area contributed by atoms with Crippen molar-refractivity contribution in [3.8, 4) is 0 Å². The predicted molar refractivity (Wildman–Crippen MR) is 101 cm³/mol. The van der Waals surface area contributed by atoms with Crippen LogP contribution in [-0.2, 0) is 4.79 Å². The number of fused-ring (bicyclic) bond motifs is 1. The largest absolute Gasteiger partial charge is 0.404 e. The molecule has 28 heavy (non-hydrogen) atoms. The van der Waals surface area contributed by atoms with Gasteiger partial charge >= 0.3 is 6.18 Å². The number of nitrogens with two attached hydrogens (primary N) is 1. The highest BCUT2D eigenvalue weighted by atomic mass is 19.4. The summed E-state index contributed by atoms with van der Waals surface area (Å²) in [5, 5.41) is 2.84. The highest BCUT2D eigenvalue weighted by molar-refractivity contribution is 5.86. The van der Waals surface area contributed by atoms with Crippen LogP contribution < -0.4 is 11.1 Å². The van der Waals surface area contributed by atoms with Gasteiger partial charge in [-0.05, 0) is 25.5 Å². The molecule has 0 saturated heterocycles. The number of aliphatic imine (C=N–C) groups is 1. The van der Waals surface area contributed by atoms with Crippen LogP contribution in [0.4, 0.5) is 13.2 Å². The molecule has 3 unspecified atom stereocenters. The Morgan fingerprint density at radius 1 is 1.46 bits per heavy atom. The first-order valence-corrected chi connectivity index (χ1v) is 9.02. The van der Waals surface area contributed by atoms with Crippen molar-refractivity contribution < 1.29 is 18.0 Å². The number of para-hydroxylation sites is 2. The van der Waals surface area contributed by atoms with Crippen LogP contribution in [0, 0.1) is 5.92 Å². The number of halogens is 3. The van der Waals surface area contributed by atoms with E-state index in [1.807, 2.05) is 24.3 Å². The Labute approximate surface area is 160 Å². The van der Waals surface area contributed by atoms with Gasteiger partial charge in [0.15, 0.2) is 0 Å².